The fourth-order valence-corrected chi connectivity index (χ4v) is 2.76. The second kappa shape index (κ2) is 6.75. The summed E-state index contributed by atoms with van der Waals surface area (Å²) in [4.78, 5) is 16.2. The number of nitrogens with zero attached hydrogens (tertiary/aromatic N) is 2. The zero-order valence-corrected chi connectivity index (χ0v) is 12.5. The maximum Gasteiger partial charge on any atom is 0.223 e. The molecule has 0 saturated carbocycles. The lowest BCUT2D eigenvalue weighted by Gasteiger charge is -2.26. The van der Waals surface area contributed by atoms with E-state index in [1.165, 1.54) is 11.3 Å². The van der Waals surface area contributed by atoms with Crippen molar-refractivity contribution in [1.82, 2.24) is 4.90 Å². The summed E-state index contributed by atoms with van der Waals surface area (Å²) in [7, 11) is 0. The van der Waals surface area contributed by atoms with Crippen LogP contribution in [0.5, 0.6) is 0 Å². The van der Waals surface area contributed by atoms with Gasteiger partial charge in [0.25, 0.3) is 0 Å². The Labute approximate surface area is 121 Å². The first kappa shape index (κ1) is 14.9. The standard InChI is InChI=1S/C16H25N3O/c1-3-18(15-6-4-5-13(2)9-15)7-8-19-12-14(11-17)10-16(19)20/h4-6,9,14H,3,7-8,10-12,17H2,1-2H3. The van der Waals surface area contributed by atoms with E-state index in [-0.39, 0.29) is 5.91 Å². The summed E-state index contributed by atoms with van der Waals surface area (Å²) in [6, 6.07) is 8.51. The van der Waals surface area contributed by atoms with Gasteiger partial charge in [-0.05, 0) is 44.0 Å². The molecule has 4 heteroatoms. The summed E-state index contributed by atoms with van der Waals surface area (Å²) in [6.07, 6.45) is 0.618. The number of carbonyl (C=O) groups is 1. The highest BCUT2D eigenvalue weighted by atomic mass is 16.2. The zero-order chi connectivity index (χ0) is 14.5. The van der Waals surface area contributed by atoms with E-state index in [9.17, 15) is 4.79 Å². The van der Waals surface area contributed by atoms with Crippen LogP contribution >= 0.6 is 0 Å². The molecule has 2 rings (SSSR count). The van der Waals surface area contributed by atoms with Crippen molar-refractivity contribution >= 4 is 11.6 Å². The fraction of sp³-hybridized carbons (Fsp3) is 0.562. The second-order valence-electron chi connectivity index (χ2n) is 5.56. The number of amides is 1. The molecule has 4 nitrogen and oxygen atoms in total. The lowest BCUT2D eigenvalue weighted by atomic mass is 10.1. The average molecular weight is 275 g/mol. The number of likely N-dealkylation sites (N-methyl/N-ethyl adjacent to an activating group) is 1. The molecule has 1 atom stereocenters. The van der Waals surface area contributed by atoms with E-state index in [1.807, 2.05) is 4.90 Å². The summed E-state index contributed by atoms with van der Waals surface area (Å²) in [5.74, 6) is 0.595. The highest BCUT2D eigenvalue weighted by molar-refractivity contribution is 5.78. The first-order valence-electron chi connectivity index (χ1n) is 7.43. The van der Waals surface area contributed by atoms with Crippen molar-refractivity contribution < 1.29 is 4.79 Å². The summed E-state index contributed by atoms with van der Waals surface area (Å²) >= 11 is 0. The van der Waals surface area contributed by atoms with Gasteiger partial charge in [-0.1, -0.05) is 12.1 Å². The van der Waals surface area contributed by atoms with E-state index < -0.39 is 0 Å². The Balaban J connectivity index is 1.93. The van der Waals surface area contributed by atoms with Crippen molar-refractivity contribution in [3.63, 3.8) is 0 Å². The Morgan fingerprint density at radius 2 is 2.25 bits per heavy atom. The minimum absolute atomic E-state index is 0.251. The molecule has 2 N–H and O–H groups in total. The van der Waals surface area contributed by atoms with Gasteiger partial charge in [-0.2, -0.15) is 0 Å². The lowest BCUT2D eigenvalue weighted by molar-refractivity contribution is -0.127. The van der Waals surface area contributed by atoms with Crippen molar-refractivity contribution in [2.45, 2.75) is 20.3 Å². The molecular weight excluding hydrogens is 250 g/mol. The minimum atomic E-state index is 0.251. The van der Waals surface area contributed by atoms with Gasteiger partial charge in [-0.3, -0.25) is 4.79 Å². The van der Waals surface area contributed by atoms with Gasteiger partial charge in [-0.15, -0.1) is 0 Å². The quantitative estimate of drug-likeness (QED) is 0.858. The first-order chi connectivity index (χ1) is 9.63. The molecule has 1 aliphatic heterocycles. The highest BCUT2D eigenvalue weighted by Crippen LogP contribution is 2.18. The van der Waals surface area contributed by atoms with E-state index in [2.05, 4.69) is 43.0 Å². The average Bonchev–Trinajstić information content (AvgIpc) is 2.80. The van der Waals surface area contributed by atoms with Gasteiger partial charge in [0, 0.05) is 38.3 Å². The Kier molecular flexibility index (Phi) is 5.01. The van der Waals surface area contributed by atoms with Gasteiger partial charge in [0.1, 0.15) is 0 Å². The SMILES string of the molecule is CCN(CCN1CC(CN)CC1=O)c1cccc(C)c1. The molecule has 1 aromatic carbocycles. The van der Waals surface area contributed by atoms with Crippen LogP contribution in [0.3, 0.4) is 0 Å². The van der Waals surface area contributed by atoms with Crippen molar-refractivity contribution in [3.05, 3.63) is 29.8 Å². The molecule has 0 aromatic heterocycles. The summed E-state index contributed by atoms with van der Waals surface area (Å²) < 4.78 is 0. The Morgan fingerprint density at radius 3 is 2.85 bits per heavy atom. The maximum absolute atomic E-state index is 11.9. The van der Waals surface area contributed by atoms with E-state index in [0.717, 1.165) is 26.2 Å². The number of likely N-dealkylation sites (tertiary alicyclic amines) is 1. The molecule has 0 radical (unpaired) electrons. The van der Waals surface area contributed by atoms with E-state index in [0.29, 0.717) is 18.9 Å². The molecule has 1 heterocycles. The number of anilines is 1. The van der Waals surface area contributed by atoms with Crippen LogP contribution in [0.2, 0.25) is 0 Å². The van der Waals surface area contributed by atoms with Crippen LogP contribution in [0.4, 0.5) is 5.69 Å². The molecular formula is C16H25N3O. The van der Waals surface area contributed by atoms with Crippen LogP contribution in [0, 0.1) is 12.8 Å². The molecule has 0 spiro atoms. The third kappa shape index (κ3) is 3.51. The van der Waals surface area contributed by atoms with Gasteiger partial charge in [0.05, 0.1) is 0 Å². The van der Waals surface area contributed by atoms with Gasteiger partial charge in [0.15, 0.2) is 0 Å². The molecule has 1 amide bonds. The molecule has 1 aliphatic rings. The second-order valence-corrected chi connectivity index (χ2v) is 5.56. The fourth-order valence-electron chi connectivity index (χ4n) is 2.76. The smallest absolute Gasteiger partial charge is 0.223 e. The van der Waals surface area contributed by atoms with Crippen LogP contribution in [-0.4, -0.2) is 43.5 Å². The topological polar surface area (TPSA) is 49.6 Å². The third-order valence-electron chi connectivity index (χ3n) is 4.02. The monoisotopic (exact) mass is 275 g/mol. The molecule has 110 valence electrons. The molecule has 1 unspecified atom stereocenters. The number of hydrogen-bond acceptors (Lipinski definition) is 3. The number of nitrogens with two attached hydrogens (primary N) is 1. The zero-order valence-electron chi connectivity index (χ0n) is 12.5. The third-order valence-corrected chi connectivity index (χ3v) is 4.02. The predicted octanol–water partition coefficient (Wildman–Crippen LogP) is 1.63. The summed E-state index contributed by atoms with van der Waals surface area (Å²) in [6.45, 7) is 8.30. The van der Waals surface area contributed by atoms with Crippen LogP contribution in [-0.2, 0) is 4.79 Å². The molecule has 20 heavy (non-hydrogen) atoms. The molecule has 1 saturated heterocycles. The Hall–Kier alpha value is -1.55. The highest BCUT2D eigenvalue weighted by Gasteiger charge is 2.28. The van der Waals surface area contributed by atoms with E-state index in [1.54, 1.807) is 0 Å². The normalized spacial score (nSPS) is 18.6. The van der Waals surface area contributed by atoms with Crippen LogP contribution in [0.15, 0.2) is 24.3 Å². The van der Waals surface area contributed by atoms with Crippen molar-refractivity contribution in [3.8, 4) is 0 Å². The lowest BCUT2D eigenvalue weighted by Crippen LogP contribution is -2.36. The van der Waals surface area contributed by atoms with Crippen molar-refractivity contribution in [2.24, 2.45) is 11.7 Å². The van der Waals surface area contributed by atoms with Crippen LogP contribution in [0.25, 0.3) is 0 Å². The molecule has 1 aromatic rings. The van der Waals surface area contributed by atoms with Gasteiger partial charge in [-0.25, -0.2) is 0 Å². The van der Waals surface area contributed by atoms with Gasteiger partial charge < -0.3 is 15.5 Å². The number of benzene rings is 1. The largest absolute Gasteiger partial charge is 0.370 e. The molecule has 0 aliphatic carbocycles. The number of carbonyl (C=O) groups excluding carboxylic acids is 1. The summed E-state index contributed by atoms with van der Waals surface area (Å²) in [5, 5.41) is 0. The predicted molar refractivity (Wildman–Crippen MR) is 82.8 cm³/mol. The number of aryl methyl sites for hydroxylation is 1. The van der Waals surface area contributed by atoms with Gasteiger partial charge >= 0.3 is 0 Å². The van der Waals surface area contributed by atoms with E-state index >= 15 is 0 Å². The van der Waals surface area contributed by atoms with E-state index in [4.69, 9.17) is 5.73 Å². The maximum atomic E-state index is 11.9. The first-order valence-corrected chi connectivity index (χ1v) is 7.43. The van der Waals surface area contributed by atoms with Crippen molar-refractivity contribution in [1.29, 1.82) is 0 Å². The van der Waals surface area contributed by atoms with Crippen LogP contribution in [0.1, 0.15) is 18.9 Å². The number of hydrogen-bond donors (Lipinski definition) is 1. The molecule has 1 fully saturated rings. The summed E-state index contributed by atoms with van der Waals surface area (Å²) in [5.41, 5.74) is 8.15. The van der Waals surface area contributed by atoms with Crippen molar-refractivity contribution in [2.75, 3.05) is 37.6 Å². The molecule has 0 bridgehead atoms. The van der Waals surface area contributed by atoms with Gasteiger partial charge in [0.2, 0.25) is 5.91 Å². The number of rotatable bonds is 6. The Bertz CT molecular complexity index is 461. The minimum Gasteiger partial charge on any atom is -0.370 e. The Morgan fingerprint density at radius 1 is 1.45 bits per heavy atom. The van der Waals surface area contributed by atoms with Crippen LogP contribution < -0.4 is 10.6 Å².